The summed E-state index contributed by atoms with van der Waals surface area (Å²) in [6, 6.07) is 49.6. The van der Waals surface area contributed by atoms with Crippen LogP contribution in [0, 0.1) is 0 Å². The molecule has 3 heteroatoms. The minimum Gasteiger partial charge on any atom is -0.265 e. The van der Waals surface area contributed by atoms with Gasteiger partial charge in [-0.15, -0.1) is 0 Å². The van der Waals surface area contributed by atoms with E-state index < -0.39 is 0 Å². The van der Waals surface area contributed by atoms with Crippen molar-refractivity contribution in [2.24, 2.45) is 0 Å². The van der Waals surface area contributed by atoms with Crippen molar-refractivity contribution in [2.75, 3.05) is 0 Å². The van der Waals surface area contributed by atoms with Gasteiger partial charge in [-0.1, -0.05) is 103 Å². The molecule has 0 aliphatic rings. The van der Waals surface area contributed by atoms with Crippen LogP contribution >= 0.6 is 0 Å². The molecule has 0 amide bonds. The summed E-state index contributed by atoms with van der Waals surface area (Å²) in [6.45, 7) is 0. The van der Waals surface area contributed by atoms with E-state index in [2.05, 4.69) is 120 Å². The summed E-state index contributed by atoms with van der Waals surface area (Å²) in [5.41, 5.74) is 10.8. The average Bonchev–Trinajstić information content (AvgIpc) is 3.10. The monoisotopic (exact) mass is 559 g/mol. The van der Waals surface area contributed by atoms with E-state index in [4.69, 9.17) is 9.97 Å². The third-order valence-electron chi connectivity index (χ3n) is 8.72. The first-order chi connectivity index (χ1) is 21.8. The lowest BCUT2D eigenvalue weighted by Gasteiger charge is -2.19. The molecule has 2 aromatic heterocycles. The van der Waals surface area contributed by atoms with E-state index in [1.54, 1.807) is 0 Å². The van der Waals surface area contributed by atoms with Crippen molar-refractivity contribution in [3.05, 3.63) is 152 Å². The number of nitrogens with zero attached hydrogens (tertiary/aromatic N) is 3. The van der Waals surface area contributed by atoms with E-state index in [1.807, 2.05) is 36.7 Å². The van der Waals surface area contributed by atoms with Gasteiger partial charge in [0, 0.05) is 17.8 Å². The molecule has 0 N–H and O–H groups in total. The quantitative estimate of drug-likeness (QED) is 0.160. The second-order valence-electron chi connectivity index (χ2n) is 11.2. The zero-order chi connectivity index (χ0) is 29.0. The van der Waals surface area contributed by atoms with E-state index in [0.29, 0.717) is 0 Å². The van der Waals surface area contributed by atoms with E-state index in [9.17, 15) is 0 Å². The second kappa shape index (κ2) is 9.82. The van der Waals surface area contributed by atoms with Gasteiger partial charge in [0.2, 0.25) is 0 Å². The van der Waals surface area contributed by atoms with Gasteiger partial charge in [0.1, 0.15) is 0 Å². The van der Waals surface area contributed by atoms with Gasteiger partial charge >= 0.3 is 0 Å². The molecule has 9 rings (SSSR count). The number of benzene rings is 7. The standard InChI is InChI=1S/C41H25N3/c1-6-17-34-29(12-1)35(25-38-41(34)44-37-19-8-7-18-36(37)43-38)40-32-15-4-2-13-30(32)39(31-14-3-5-16-33(31)40)28-11-9-10-27(24-28)26-20-22-42-23-21-26/h1-25H. The largest absolute Gasteiger partial charge is 0.265 e. The van der Waals surface area contributed by atoms with Gasteiger partial charge in [-0.3, -0.25) is 4.98 Å². The fraction of sp³-hybridized carbons (Fsp3) is 0. The zero-order valence-corrected chi connectivity index (χ0v) is 23.8. The summed E-state index contributed by atoms with van der Waals surface area (Å²) in [6.07, 6.45) is 3.70. The Balaban J connectivity index is 1.40. The van der Waals surface area contributed by atoms with Crippen LogP contribution in [-0.2, 0) is 0 Å². The predicted molar refractivity (Wildman–Crippen MR) is 184 cm³/mol. The minimum absolute atomic E-state index is 0.902. The molecule has 2 heterocycles. The molecule has 0 fully saturated rings. The highest BCUT2D eigenvalue weighted by molar-refractivity contribution is 6.25. The van der Waals surface area contributed by atoms with Crippen LogP contribution < -0.4 is 0 Å². The first-order valence-corrected chi connectivity index (χ1v) is 14.9. The van der Waals surface area contributed by atoms with E-state index in [1.165, 1.54) is 54.7 Å². The highest BCUT2D eigenvalue weighted by atomic mass is 14.8. The Labute approximate surface area is 254 Å². The SMILES string of the molecule is c1cc(-c2ccncc2)cc(-c2c3ccccc3c(-c3cc4nc5ccccc5nc4c4ccccc34)c3ccccc23)c1. The number of rotatable bonds is 3. The van der Waals surface area contributed by atoms with Crippen LogP contribution in [0.3, 0.4) is 0 Å². The highest BCUT2D eigenvalue weighted by Crippen LogP contribution is 2.46. The lowest BCUT2D eigenvalue weighted by Crippen LogP contribution is -1.94. The van der Waals surface area contributed by atoms with Crippen molar-refractivity contribution in [1.29, 1.82) is 0 Å². The molecule has 0 saturated carbocycles. The Morgan fingerprint density at radius 3 is 1.57 bits per heavy atom. The number of hydrogen-bond donors (Lipinski definition) is 0. The molecule has 0 atom stereocenters. The maximum absolute atomic E-state index is 5.11. The molecule has 7 aromatic carbocycles. The van der Waals surface area contributed by atoms with E-state index in [0.717, 1.165) is 33.0 Å². The minimum atomic E-state index is 0.902. The third-order valence-corrected chi connectivity index (χ3v) is 8.72. The number of fused-ring (bicyclic) bond motifs is 6. The lowest BCUT2D eigenvalue weighted by atomic mass is 9.84. The van der Waals surface area contributed by atoms with Crippen molar-refractivity contribution in [2.45, 2.75) is 0 Å². The van der Waals surface area contributed by atoms with Gasteiger partial charge in [-0.2, -0.15) is 0 Å². The van der Waals surface area contributed by atoms with Crippen LogP contribution in [0.1, 0.15) is 0 Å². The van der Waals surface area contributed by atoms with Crippen molar-refractivity contribution in [3.63, 3.8) is 0 Å². The van der Waals surface area contributed by atoms with Crippen molar-refractivity contribution < 1.29 is 0 Å². The zero-order valence-electron chi connectivity index (χ0n) is 23.8. The van der Waals surface area contributed by atoms with Gasteiger partial charge < -0.3 is 0 Å². The Morgan fingerprint density at radius 1 is 0.341 bits per heavy atom. The van der Waals surface area contributed by atoms with Gasteiger partial charge in [0.15, 0.2) is 0 Å². The van der Waals surface area contributed by atoms with Gasteiger partial charge in [0.05, 0.1) is 22.1 Å². The van der Waals surface area contributed by atoms with Crippen molar-refractivity contribution in [3.8, 4) is 33.4 Å². The molecule has 0 radical (unpaired) electrons. The summed E-state index contributed by atoms with van der Waals surface area (Å²) < 4.78 is 0. The van der Waals surface area contributed by atoms with Crippen molar-refractivity contribution >= 4 is 54.4 Å². The molecule has 204 valence electrons. The number of aromatic nitrogens is 3. The van der Waals surface area contributed by atoms with Gasteiger partial charge in [0.25, 0.3) is 0 Å². The maximum atomic E-state index is 5.11. The molecule has 0 saturated heterocycles. The maximum Gasteiger partial charge on any atom is 0.0973 e. The summed E-state index contributed by atoms with van der Waals surface area (Å²) in [5.74, 6) is 0. The molecule has 0 aliphatic heterocycles. The van der Waals surface area contributed by atoms with Gasteiger partial charge in [-0.05, 0) is 96.7 Å². The normalized spacial score (nSPS) is 11.6. The van der Waals surface area contributed by atoms with Crippen LogP contribution in [0.5, 0.6) is 0 Å². The topological polar surface area (TPSA) is 38.7 Å². The molecule has 0 spiro atoms. The van der Waals surface area contributed by atoms with Crippen LogP contribution in [-0.4, -0.2) is 15.0 Å². The molecule has 0 unspecified atom stereocenters. The van der Waals surface area contributed by atoms with E-state index >= 15 is 0 Å². The summed E-state index contributed by atoms with van der Waals surface area (Å²) in [7, 11) is 0. The number of pyridine rings is 1. The molecule has 3 nitrogen and oxygen atoms in total. The van der Waals surface area contributed by atoms with E-state index in [-0.39, 0.29) is 0 Å². The average molecular weight is 560 g/mol. The second-order valence-corrected chi connectivity index (χ2v) is 11.2. The molecule has 9 aromatic rings. The molecule has 0 bridgehead atoms. The number of hydrogen-bond acceptors (Lipinski definition) is 3. The van der Waals surface area contributed by atoms with Crippen molar-refractivity contribution in [1.82, 2.24) is 15.0 Å². The number of para-hydroxylation sites is 2. The summed E-state index contributed by atoms with van der Waals surface area (Å²) in [5, 5.41) is 7.17. The first-order valence-electron chi connectivity index (χ1n) is 14.9. The van der Waals surface area contributed by atoms with Crippen LogP contribution in [0.15, 0.2) is 152 Å². The van der Waals surface area contributed by atoms with Crippen LogP contribution in [0.4, 0.5) is 0 Å². The van der Waals surface area contributed by atoms with Gasteiger partial charge in [-0.25, -0.2) is 9.97 Å². The lowest BCUT2D eigenvalue weighted by molar-refractivity contribution is 1.33. The Bertz CT molecular complexity index is 2500. The molecular weight excluding hydrogens is 534 g/mol. The first kappa shape index (κ1) is 24.6. The Kier molecular flexibility index (Phi) is 5.50. The highest BCUT2D eigenvalue weighted by Gasteiger charge is 2.20. The molecule has 0 aliphatic carbocycles. The van der Waals surface area contributed by atoms with Crippen LogP contribution in [0.25, 0.3) is 87.8 Å². The molecule has 44 heavy (non-hydrogen) atoms. The Hall–Kier alpha value is -5.93. The Morgan fingerprint density at radius 2 is 0.886 bits per heavy atom. The third kappa shape index (κ3) is 3.80. The van der Waals surface area contributed by atoms with Crippen LogP contribution in [0.2, 0.25) is 0 Å². The molecular formula is C41H25N3. The fourth-order valence-electron chi connectivity index (χ4n) is 6.79. The summed E-state index contributed by atoms with van der Waals surface area (Å²) >= 11 is 0. The smallest absolute Gasteiger partial charge is 0.0973 e. The predicted octanol–water partition coefficient (Wildman–Crippen LogP) is 10.6. The fourth-order valence-corrected chi connectivity index (χ4v) is 6.79. The summed E-state index contributed by atoms with van der Waals surface area (Å²) in [4.78, 5) is 14.4.